The van der Waals surface area contributed by atoms with Gasteiger partial charge in [0, 0.05) is 19.7 Å². The number of hydrogen-bond donors (Lipinski definition) is 1. The molecule has 19 heavy (non-hydrogen) atoms. The van der Waals surface area contributed by atoms with Crippen molar-refractivity contribution in [2.75, 3.05) is 33.4 Å². The number of likely N-dealkylation sites (tertiary alicyclic amines) is 1. The highest BCUT2D eigenvalue weighted by molar-refractivity contribution is 5.83. The Morgan fingerprint density at radius 2 is 2.05 bits per heavy atom. The molecule has 2 aliphatic heterocycles. The smallest absolute Gasteiger partial charge is 0.231 e. The first-order valence-corrected chi connectivity index (χ1v) is 7.60. The van der Waals surface area contributed by atoms with Crippen LogP contribution in [0, 0.1) is 11.3 Å². The zero-order chi connectivity index (χ0) is 13.9. The number of carbonyl (C=O) groups excluding carboxylic acids is 1. The summed E-state index contributed by atoms with van der Waals surface area (Å²) in [5, 5.41) is 3.35. The molecule has 2 saturated heterocycles. The number of amides is 1. The van der Waals surface area contributed by atoms with Gasteiger partial charge in [0.25, 0.3) is 0 Å². The lowest BCUT2D eigenvalue weighted by atomic mass is 9.77. The SMILES string of the molecule is COCC1(C(=O)N2CCC(C)CC2C)CCNCC1. The van der Waals surface area contributed by atoms with E-state index < -0.39 is 0 Å². The summed E-state index contributed by atoms with van der Waals surface area (Å²) in [6.07, 6.45) is 4.07. The Kier molecular flexibility index (Phi) is 4.85. The minimum Gasteiger partial charge on any atom is -0.384 e. The van der Waals surface area contributed by atoms with Crippen LogP contribution in [0.2, 0.25) is 0 Å². The molecule has 2 heterocycles. The minimum absolute atomic E-state index is 0.283. The Bertz CT molecular complexity index is 308. The van der Waals surface area contributed by atoms with Crippen molar-refractivity contribution in [3.8, 4) is 0 Å². The van der Waals surface area contributed by atoms with E-state index in [2.05, 4.69) is 24.1 Å². The topological polar surface area (TPSA) is 41.6 Å². The van der Waals surface area contributed by atoms with E-state index in [4.69, 9.17) is 4.74 Å². The van der Waals surface area contributed by atoms with Crippen LogP contribution >= 0.6 is 0 Å². The van der Waals surface area contributed by atoms with Crippen molar-refractivity contribution in [2.45, 2.75) is 45.6 Å². The Morgan fingerprint density at radius 1 is 1.37 bits per heavy atom. The maximum absolute atomic E-state index is 13.0. The van der Waals surface area contributed by atoms with E-state index in [9.17, 15) is 4.79 Å². The highest BCUT2D eigenvalue weighted by Gasteiger charge is 2.44. The molecule has 0 aliphatic carbocycles. The molecule has 0 aromatic carbocycles. The van der Waals surface area contributed by atoms with Gasteiger partial charge in [0.1, 0.15) is 0 Å². The number of nitrogens with zero attached hydrogens (tertiary/aromatic N) is 1. The maximum Gasteiger partial charge on any atom is 0.231 e. The molecule has 4 nitrogen and oxygen atoms in total. The molecule has 2 rings (SSSR count). The first kappa shape index (κ1) is 14.8. The van der Waals surface area contributed by atoms with E-state index in [0.29, 0.717) is 18.6 Å². The van der Waals surface area contributed by atoms with Crippen LogP contribution in [0.1, 0.15) is 39.5 Å². The van der Waals surface area contributed by atoms with Gasteiger partial charge in [0.2, 0.25) is 5.91 Å². The molecule has 2 unspecified atom stereocenters. The lowest BCUT2D eigenvalue weighted by Crippen LogP contribution is -2.55. The Labute approximate surface area is 116 Å². The molecule has 2 atom stereocenters. The third-order valence-corrected chi connectivity index (χ3v) is 4.83. The molecule has 0 radical (unpaired) electrons. The summed E-state index contributed by atoms with van der Waals surface area (Å²) >= 11 is 0. The summed E-state index contributed by atoms with van der Waals surface area (Å²) in [5.41, 5.74) is -0.283. The van der Waals surface area contributed by atoms with Gasteiger partial charge < -0.3 is 15.0 Å². The summed E-state index contributed by atoms with van der Waals surface area (Å²) in [7, 11) is 1.71. The standard InChI is InChI=1S/C15H28N2O2/c1-12-4-9-17(13(2)10-12)14(18)15(11-19-3)5-7-16-8-6-15/h12-13,16H,4-11H2,1-3H3. The number of piperidine rings is 2. The second kappa shape index (κ2) is 6.23. The van der Waals surface area contributed by atoms with Gasteiger partial charge in [-0.15, -0.1) is 0 Å². The van der Waals surface area contributed by atoms with E-state index in [-0.39, 0.29) is 5.41 Å². The fourth-order valence-corrected chi connectivity index (χ4v) is 3.62. The van der Waals surface area contributed by atoms with E-state index >= 15 is 0 Å². The molecule has 0 aromatic rings. The maximum atomic E-state index is 13.0. The Hall–Kier alpha value is -0.610. The molecule has 1 N–H and O–H groups in total. The molecule has 110 valence electrons. The normalized spacial score (nSPS) is 31.2. The predicted octanol–water partition coefficient (Wildman–Crippen LogP) is 1.65. The van der Waals surface area contributed by atoms with Crippen LogP contribution < -0.4 is 5.32 Å². The average molecular weight is 268 g/mol. The van der Waals surface area contributed by atoms with Crippen molar-refractivity contribution in [1.29, 1.82) is 0 Å². The van der Waals surface area contributed by atoms with Crippen molar-refractivity contribution in [3.63, 3.8) is 0 Å². The summed E-state index contributed by atoms with van der Waals surface area (Å²) in [4.78, 5) is 15.1. The van der Waals surface area contributed by atoms with E-state index in [1.807, 2.05) is 0 Å². The quantitative estimate of drug-likeness (QED) is 0.846. The number of carbonyl (C=O) groups is 1. The van der Waals surface area contributed by atoms with Gasteiger partial charge in [-0.25, -0.2) is 0 Å². The van der Waals surface area contributed by atoms with Gasteiger partial charge >= 0.3 is 0 Å². The average Bonchev–Trinajstić information content (AvgIpc) is 2.39. The molecule has 0 bridgehead atoms. The van der Waals surface area contributed by atoms with Crippen molar-refractivity contribution < 1.29 is 9.53 Å². The second-order valence-electron chi connectivity index (χ2n) is 6.44. The molecule has 2 fully saturated rings. The Morgan fingerprint density at radius 3 is 2.63 bits per heavy atom. The highest BCUT2D eigenvalue weighted by atomic mass is 16.5. The van der Waals surface area contributed by atoms with Crippen LogP contribution in [0.5, 0.6) is 0 Å². The van der Waals surface area contributed by atoms with E-state index in [1.165, 1.54) is 0 Å². The van der Waals surface area contributed by atoms with Crippen LogP contribution in [0.25, 0.3) is 0 Å². The minimum atomic E-state index is -0.283. The van der Waals surface area contributed by atoms with Crippen LogP contribution in [0.15, 0.2) is 0 Å². The third-order valence-electron chi connectivity index (χ3n) is 4.83. The van der Waals surface area contributed by atoms with Gasteiger partial charge in [0.05, 0.1) is 12.0 Å². The lowest BCUT2D eigenvalue weighted by Gasteiger charge is -2.44. The summed E-state index contributed by atoms with van der Waals surface area (Å²) in [6, 6.07) is 0.375. The number of ether oxygens (including phenoxy) is 1. The monoisotopic (exact) mass is 268 g/mol. The van der Waals surface area contributed by atoms with Gasteiger partial charge in [-0.05, 0) is 51.6 Å². The molecule has 0 saturated carbocycles. The molecule has 4 heteroatoms. The summed E-state index contributed by atoms with van der Waals surface area (Å²) < 4.78 is 5.38. The first-order chi connectivity index (χ1) is 9.09. The number of nitrogens with one attached hydrogen (secondary N) is 1. The van der Waals surface area contributed by atoms with Gasteiger partial charge in [-0.1, -0.05) is 6.92 Å². The summed E-state index contributed by atoms with van der Waals surface area (Å²) in [6.45, 7) is 7.80. The largest absolute Gasteiger partial charge is 0.384 e. The molecule has 1 amide bonds. The van der Waals surface area contributed by atoms with Gasteiger partial charge in [0.15, 0.2) is 0 Å². The van der Waals surface area contributed by atoms with Crippen LogP contribution in [0.3, 0.4) is 0 Å². The molecule has 2 aliphatic rings. The van der Waals surface area contributed by atoms with Gasteiger partial charge in [-0.3, -0.25) is 4.79 Å². The lowest BCUT2D eigenvalue weighted by molar-refractivity contribution is -0.151. The molecule has 0 aromatic heterocycles. The number of methoxy groups -OCH3 is 1. The van der Waals surface area contributed by atoms with E-state index in [1.54, 1.807) is 7.11 Å². The van der Waals surface area contributed by atoms with Crippen molar-refractivity contribution in [1.82, 2.24) is 10.2 Å². The highest BCUT2D eigenvalue weighted by Crippen LogP contribution is 2.34. The first-order valence-electron chi connectivity index (χ1n) is 7.60. The number of rotatable bonds is 3. The molecule has 0 spiro atoms. The van der Waals surface area contributed by atoms with Crippen LogP contribution in [0.4, 0.5) is 0 Å². The Balaban J connectivity index is 2.10. The van der Waals surface area contributed by atoms with Crippen LogP contribution in [-0.2, 0) is 9.53 Å². The van der Waals surface area contributed by atoms with E-state index in [0.717, 1.165) is 51.2 Å². The predicted molar refractivity (Wildman–Crippen MR) is 76.0 cm³/mol. The van der Waals surface area contributed by atoms with Gasteiger partial charge in [-0.2, -0.15) is 0 Å². The summed E-state index contributed by atoms with van der Waals surface area (Å²) in [5.74, 6) is 1.07. The fraction of sp³-hybridized carbons (Fsp3) is 0.933. The van der Waals surface area contributed by atoms with Crippen molar-refractivity contribution in [2.24, 2.45) is 11.3 Å². The molecular formula is C15H28N2O2. The zero-order valence-electron chi connectivity index (χ0n) is 12.6. The fourth-order valence-electron chi connectivity index (χ4n) is 3.62. The third kappa shape index (κ3) is 3.11. The zero-order valence-corrected chi connectivity index (χ0v) is 12.6. The molecular weight excluding hydrogens is 240 g/mol. The van der Waals surface area contributed by atoms with Crippen molar-refractivity contribution >= 4 is 5.91 Å². The van der Waals surface area contributed by atoms with Crippen LogP contribution in [-0.4, -0.2) is 50.2 Å². The number of hydrogen-bond acceptors (Lipinski definition) is 3. The van der Waals surface area contributed by atoms with Crippen molar-refractivity contribution in [3.05, 3.63) is 0 Å². The second-order valence-corrected chi connectivity index (χ2v) is 6.44.